The van der Waals surface area contributed by atoms with E-state index in [-0.39, 0.29) is 5.92 Å². The van der Waals surface area contributed by atoms with E-state index in [9.17, 15) is 4.79 Å². The van der Waals surface area contributed by atoms with Crippen molar-refractivity contribution in [3.8, 4) is 11.3 Å². The molecule has 1 aliphatic heterocycles. The van der Waals surface area contributed by atoms with Gasteiger partial charge in [-0.3, -0.25) is 0 Å². The van der Waals surface area contributed by atoms with Crippen molar-refractivity contribution in [1.29, 1.82) is 0 Å². The van der Waals surface area contributed by atoms with E-state index in [0.717, 1.165) is 35.7 Å². The van der Waals surface area contributed by atoms with Crippen LogP contribution in [-0.4, -0.2) is 92.9 Å². The Kier molecular flexibility index (Phi) is 13.2. The second-order valence-electron chi connectivity index (χ2n) is 11.8. The zero-order chi connectivity index (χ0) is 32.2. The van der Waals surface area contributed by atoms with Crippen LogP contribution in [0.2, 0.25) is 10.0 Å². The van der Waals surface area contributed by atoms with Gasteiger partial charge in [-0.05, 0) is 62.7 Å². The summed E-state index contributed by atoms with van der Waals surface area (Å²) in [5.41, 5.74) is 4.82. The lowest BCUT2D eigenvalue weighted by molar-refractivity contribution is 0.0157. The molecule has 244 valence electrons. The topological polar surface area (TPSA) is 107 Å². The molecule has 0 radical (unpaired) electrons. The monoisotopic (exact) mass is 659 g/mol. The first-order valence-corrected chi connectivity index (χ1v) is 15.9. The first-order valence-electron chi connectivity index (χ1n) is 15.1. The third-order valence-electron chi connectivity index (χ3n) is 6.96. The number of rotatable bonds is 15. The number of nitrogens with one attached hydrogen (secondary N) is 2. The van der Waals surface area contributed by atoms with Crippen molar-refractivity contribution < 1.29 is 23.7 Å². The number of nitrogens with zero attached hydrogens (tertiary/aromatic N) is 3. The van der Waals surface area contributed by atoms with Gasteiger partial charge in [0.25, 0.3) is 0 Å². The molecule has 0 saturated heterocycles. The number of aromatic nitrogens is 2. The molecule has 0 unspecified atom stereocenters. The Hall–Kier alpha value is -2.99. The van der Waals surface area contributed by atoms with E-state index in [1.165, 1.54) is 11.1 Å². The summed E-state index contributed by atoms with van der Waals surface area (Å²) in [6.45, 7) is 10.8. The normalized spacial score (nSPS) is 15.0. The minimum atomic E-state index is -0.517. The van der Waals surface area contributed by atoms with Crippen LogP contribution in [0, 0.1) is 0 Å². The van der Waals surface area contributed by atoms with E-state index in [1.54, 1.807) is 6.33 Å². The predicted molar refractivity (Wildman–Crippen MR) is 177 cm³/mol. The number of benzene rings is 2. The molecule has 0 bridgehead atoms. The zero-order valence-corrected chi connectivity index (χ0v) is 27.9. The lowest BCUT2D eigenvalue weighted by Crippen LogP contribution is -2.34. The maximum Gasteiger partial charge on any atom is 0.407 e. The van der Waals surface area contributed by atoms with Crippen molar-refractivity contribution in [2.75, 3.05) is 71.6 Å². The van der Waals surface area contributed by atoms with Crippen molar-refractivity contribution >= 4 is 35.1 Å². The molecule has 45 heavy (non-hydrogen) atoms. The van der Waals surface area contributed by atoms with E-state index in [2.05, 4.69) is 56.8 Å². The molecule has 2 aromatic carbocycles. The summed E-state index contributed by atoms with van der Waals surface area (Å²) >= 11 is 13.0. The van der Waals surface area contributed by atoms with Gasteiger partial charge in [0.2, 0.25) is 0 Å². The van der Waals surface area contributed by atoms with Gasteiger partial charge in [-0.25, -0.2) is 14.8 Å². The van der Waals surface area contributed by atoms with Crippen LogP contribution in [0.25, 0.3) is 11.3 Å². The smallest absolute Gasteiger partial charge is 0.407 e. The molecule has 12 heteroatoms. The molecule has 10 nitrogen and oxygen atoms in total. The van der Waals surface area contributed by atoms with Crippen molar-refractivity contribution in [1.82, 2.24) is 20.2 Å². The van der Waals surface area contributed by atoms with E-state index in [1.807, 2.05) is 39.0 Å². The number of carbonyl (C=O) groups excluding carboxylic acids is 1. The van der Waals surface area contributed by atoms with Gasteiger partial charge < -0.3 is 34.5 Å². The molecular formula is C33H43Cl2N5O5. The molecule has 4 rings (SSSR count). The maximum absolute atomic E-state index is 11.6. The molecule has 3 aromatic rings. The molecule has 1 atom stereocenters. The number of ether oxygens (including phenoxy) is 4. The molecule has 1 aromatic heterocycles. The Morgan fingerprint density at radius 3 is 2.40 bits per heavy atom. The molecule has 0 saturated carbocycles. The summed E-state index contributed by atoms with van der Waals surface area (Å²) in [5, 5.41) is 7.31. The Bertz CT molecular complexity index is 1400. The van der Waals surface area contributed by atoms with Gasteiger partial charge in [0.1, 0.15) is 17.7 Å². The summed E-state index contributed by atoms with van der Waals surface area (Å²) in [6, 6.07) is 14.3. The number of likely N-dealkylation sites (N-methyl/N-ethyl adjacent to an activating group) is 1. The molecule has 0 aliphatic carbocycles. The van der Waals surface area contributed by atoms with Gasteiger partial charge in [-0.1, -0.05) is 41.4 Å². The SMILES string of the molecule is CN1Cc2c(Cl)cc(Cl)cc2[C@H](c2cccc(-c3cc(NCCOCCOCCOCCNC(=O)OC(C)(C)C)ncn3)c2)C1. The number of halogens is 2. The number of hydrogen-bond donors (Lipinski definition) is 2. The van der Waals surface area contributed by atoms with Gasteiger partial charge in [0.15, 0.2) is 0 Å². The molecule has 0 spiro atoms. The van der Waals surface area contributed by atoms with Crippen LogP contribution in [0.5, 0.6) is 0 Å². The standard InChI is InChI=1S/C33H43Cl2N5O5/c1-33(2,3)45-32(41)37-9-11-43-13-15-44-14-12-42-10-8-36-31-19-30(38-22-39-31)24-7-5-6-23(16-24)27-20-40(4)21-28-26(27)17-25(34)18-29(28)35/h5-7,16-19,22,27H,8-15,20-21H2,1-4H3,(H,37,41)(H,36,38,39)/t27-/m0/s1. The summed E-state index contributed by atoms with van der Waals surface area (Å²) in [7, 11) is 2.11. The average molecular weight is 661 g/mol. The summed E-state index contributed by atoms with van der Waals surface area (Å²) in [4.78, 5) is 22.7. The fourth-order valence-electron chi connectivity index (χ4n) is 4.99. The van der Waals surface area contributed by atoms with Crippen LogP contribution < -0.4 is 10.6 Å². The Morgan fingerprint density at radius 2 is 1.67 bits per heavy atom. The second kappa shape index (κ2) is 17.1. The third kappa shape index (κ3) is 11.4. The number of carbonyl (C=O) groups is 1. The van der Waals surface area contributed by atoms with Crippen LogP contribution in [-0.2, 0) is 25.5 Å². The fourth-order valence-corrected chi connectivity index (χ4v) is 5.56. The highest BCUT2D eigenvalue weighted by Gasteiger charge is 2.27. The second-order valence-corrected chi connectivity index (χ2v) is 12.7. The minimum absolute atomic E-state index is 0.149. The number of hydrogen-bond acceptors (Lipinski definition) is 9. The summed E-state index contributed by atoms with van der Waals surface area (Å²) in [5.74, 6) is 0.876. The van der Waals surface area contributed by atoms with Gasteiger partial charge in [-0.2, -0.15) is 0 Å². The lowest BCUT2D eigenvalue weighted by atomic mass is 9.84. The quantitative estimate of drug-likeness (QED) is 0.190. The molecule has 2 heterocycles. The number of alkyl carbamates (subject to hydrolysis) is 1. The van der Waals surface area contributed by atoms with Crippen molar-refractivity contribution in [3.63, 3.8) is 0 Å². The van der Waals surface area contributed by atoms with E-state index in [0.29, 0.717) is 62.8 Å². The van der Waals surface area contributed by atoms with Gasteiger partial charge >= 0.3 is 6.09 Å². The zero-order valence-electron chi connectivity index (χ0n) is 26.4. The number of fused-ring (bicyclic) bond motifs is 1. The highest BCUT2D eigenvalue weighted by Crippen LogP contribution is 2.39. The predicted octanol–water partition coefficient (Wildman–Crippen LogP) is 6.01. The van der Waals surface area contributed by atoms with Crippen LogP contribution >= 0.6 is 23.2 Å². The lowest BCUT2D eigenvalue weighted by Gasteiger charge is -2.33. The summed E-state index contributed by atoms with van der Waals surface area (Å²) < 4.78 is 21.8. The molecular weight excluding hydrogens is 617 g/mol. The van der Waals surface area contributed by atoms with Crippen LogP contribution in [0.1, 0.15) is 43.4 Å². The Morgan fingerprint density at radius 1 is 0.956 bits per heavy atom. The molecule has 0 fully saturated rings. The number of anilines is 1. The maximum atomic E-state index is 11.6. The summed E-state index contributed by atoms with van der Waals surface area (Å²) in [6.07, 6.45) is 1.12. The van der Waals surface area contributed by atoms with Crippen molar-refractivity contribution in [3.05, 3.63) is 75.5 Å². The highest BCUT2D eigenvalue weighted by molar-refractivity contribution is 6.35. The van der Waals surface area contributed by atoms with E-state index >= 15 is 0 Å². The number of amides is 1. The minimum Gasteiger partial charge on any atom is -0.444 e. The largest absolute Gasteiger partial charge is 0.444 e. The average Bonchev–Trinajstić information content (AvgIpc) is 2.99. The Labute approximate surface area is 275 Å². The fraction of sp³-hybridized carbons (Fsp3) is 0.485. The van der Waals surface area contributed by atoms with Crippen LogP contribution in [0.15, 0.2) is 48.8 Å². The molecule has 1 aliphatic rings. The highest BCUT2D eigenvalue weighted by atomic mass is 35.5. The van der Waals surface area contributed by atoms with Crippen LogP contribution in [0.3, 0.4) is 0 Å². The van der Waals surface area contributed by atoms with Gasteiger partial charge in [-0.15, -0.1) is 0 Å². The van der Waals surface area contributed by atoms with Crippen LogP contribution in [0.4, 0.5) is 10.6 Å². The Balaban J connectivity index is 1.15. The first-order chi connectivity index (χ1) is 21.6. The molecule has 1 amide bonds. The van der Waals surface area contributed by atoms with E-state index in [4.69, 9.17) is 42.1 Å². The van der Waals surface area contributed by atoms with Gasteiger partial charge in [0.05, 0.1) is 45.3 Å². The molecule has 2 N–H and O–H groups in total. The third-order valence-corrected chi connectivity index (χ3v) is 7.51. The van der Waals surface area contributed by atoms with E-state index < -0.39 is 11.7 Å². The van der Waals surface area contributed by atoms with Crippen molar-refractivity contribution in [2.45, 2.75) is 38.8 Å². The first kappa shape index (κ1) is 34.9. The van der Waals surface area contributed by atoms with Gasteiger partial charge in [0, 0.05) is 53.8 Å². The van der Waals surface area contributed by atoms with Crippen molar-refractivity contribution in [2.24, 2.45) is 0 Å².